The van der Waals surface area contributed by atoms with E-state index in [9.17, 15) is 10.1 Å². The molecular weight excluding hydrogens is 393 g/mol. The third-order valence-electron chi connectivity index (χ3n) is 6.99. The van der Waals surface area contributed by atoms with Gasteiger partial charge in [0, 0.05) is 29.7 Å². The monoisotopic (exact) mass is 419 g/mol. The lowest BCUT2D eigenvalue weighted by atomic mass is 9.58. The Bertz CT molecular complexity index is 1070. The highest BCUT2D eigenvalue weighted by atomic mass is 19.1. The van der Waals surface area contributed by atoms with E-state index in [4.69, 9.17) is 10.5 Å². The Morgan fingerprint density at radius 1 is 1.29 bits per heavy atom. The number of hydrogen-bond acceptors (Lipinski definition) is 5. The van der Waals surface area contributed by atoms with Crippen molar-refractivity contribution < 1.29 is 13.9 Å². The van der Waals surface area contributed by atoms with Crippen molar-refractivity contribution in [3.05, 3.63) is 59.9 Å². The van der Waals surface area contributed by atoms with Crippen molar-refractivity contribution in [2.45, 2.75) is 44.5 Å². The number of esters is 1. The van der Waals surface area contributed by atoms with Crippen LogP contribution in [0.3, 0.4) is 0 Å². The van der Waals surface area contributed by atoms with Crippen LogP contribution in [0.15, 0.2) is 48.7 Å². The van der Waals surface area contributed by atoms with E-state index >= 15 is 4.39 Å². The summed E-state index contributed by atoms with van der Waals surface area (Å²) in [6.45, 7) is 5.20. The first kappa shape index (κ1) is 21.2. The van der Waals surface area contributed by atoms with Crippen molar-refractivity contribution in [3.8, 4) is 17.2 Å². The van der Waals surface area contributed by atoms with Gasteiger partial charge < -0.3 is 10.5 Å². The zero-order chi connectivity index (χ0) is 22.4. The molecule has 1 saturated carbocycles. The smallest absolute Gasteiger partial charge is 0.326 e. The zero-order valence-corrected chi connectivity index (χ0v) is 17.9. The summed E-state index contributed by atoms with van der Waals surface area (Å²) in [6, 6.07) is 13.3. The Morgan fingerprint density at radius 3 is 2.71 bits per heavy atom. The van der Waals surface area contributed by atoms with Gasteiger partial charge in [-0.1, -0.05) is 37.3 Å². The van der Waals surface area contributed by atoms with Gasteiger partial charge in [-0.3, -0.25) is 9.78 Å². The van der Waals surface area contributed by atoms with Gasteiger partial charge in [-0.2, -0.15) is 5.26 Å². The minimum absolute atomic E-state index is 0.0371. The Labute approximate surface area is 181 Å². The first-order chi connectivity index (χ1) is 14.7. The average Bonchev–Trinajstić information content (AvgIpc) is 2.96. The molecule has 0 amide bonds. The Morgan fingerprint density at radius 2 is 2.03 bits per heavy atom. The van der Waals surface area contributed by atoms with Crippen LogP contribution in [-0.2, 0) is 9.53 Å². The molecule has 4 rings (SSSR count). The predicted octanol–water partition coefficient (Wildman–Crippen LogP) is 4.28. The van der Waals surface area contributed by atoms with E-state index < -0.39 is 17.2 Å². The average molecular weight is 420 g/mol. The molecular formula is C25H26FN3O2. The van der Waals surface area contributed by atoms with Crippen LogP contribution < -0.4 is 5.73 Å². The summed E-state index contributed by atoms with van der Waals surface area (Å²) in [5.41, 5.74) is 6.48. The van der Waals surface area contributed by atoms with Gasteiger partial charge in [0.05, 0.1) is 17.3 Å². The highest BCUT2D eigenvalue weighted by molar-refractivity contribution is 5.84. The molecule has 31 heavy (non-hydrogen) atoms. The van der Waals surface area contributed by atoms with Crippen LogP contribution in [0.25, 0.3) is 17.2 Å². The van der Waals surface area contributed by atoms with E-state index in [1.54, 1.807) is 12.3 Å². The highest BCUT2D eigenvalue weighted by Gasteiger charge is 2.64. The first-order valence-electron chi connectivity index (χ1n) is 10.5. The van der Waals surface area contributed by atoms with Gasteiger partial charge in [0.1, 0.15) is 17.3 Å². The Hall–Kier alpha value is -3.04. The summed E-state index contributed by atoms with van der Waals surface area (Å²) >= 11 is 0. The van der Waals surface area contributed by atoms with Gasteiger partial charge >= 0.3 is 5.97 Å². The van der Waals surface area contributed by atoms with Gasteiger partial charge in [-0.25, -0.2) is 4.39 Å². The van der Waals surface area contributed by atoms with Gasteiger partial charge in [0.2, 0.25) is 0 Å². The number of fused-ring (bicyclic) bond motifs is 1. The van der Waals surface area contributed by atoms with Gasteiger partial charge in [0.15, 0.2) is 0 Å². The Kier molecular flexibility index (Phi) is 5.18. The molecule has 1 unspecified atom stereocenters. The lowest BCUT2D eigenvalue weighted by molar-refractivity contribution is -0.146. The van der Waals surface area contributed by atoms with Gasteiger partial charge in [0.25, 0.3) is 0 Å². The number of ether oxygens (including phenoxy) is 1. The molecule has 2 N–H and O–H groups in total. The molecule has 2 aliphatic rings. The third-order valence-corrected chi connectivity index (χ3v) is 6.99. The molecule has 1 aliphatic heterocycles. The molecule has 0 spiro atoms. The summed E-state index contributed by atoms with van der Waals surface area (Å²) in [5, 5.41) is 9.31. The van der Waals surface area contributed by atoms with Crippen LogP contribution in [-0.4, -0.2) is 28.3 Å². The molecule has 6 atom stereocenters. The number of rotatable bonds is 3. The number of halogens is 1. The lowest BCUT2D eigenvalue weighted by Crippen LogP contribution is -2.63. The molecule has 1 aliphatic carbocycles. The molecule has 0 bridgehead atoms. The molecule has 2 fully saturated rings. The normalized spacial score (nSPS) is 34.9. The van der Waals surface area contributed by atoms with E-state index in [1.165, 1.54) is 6.92 Å². The minimum Gasteiger partial charge on any atom is -0.461 e. The number of pyridine rings is 1. The maximum absolute atomic E-state index is 15.4. The van der Waals surface area contributed by atoms with E-state index in [1.807, 2.05) is 56.3 Å². The topological polar surface area (TPSA) is 89.0 Å². The molecule has 1 aromatic heterocycles. The second-order valence-electron chi connectivity index (χ2n) is 8.99. The molecule has 1 saturated heterocycles. The number of benzene rings is 1. The second kappa shape index (κ2) is 7.58. The maximum atomic E-state index is 15.4. The van der Waals surface area contributed by atoms with Crippen LogP contribution >= 0.6 is 0 Å². The van der Waals surface area contributed by atoms with E-state index in [2.05, 4.69) is 11.1 Å². The summed E-state index contributed by atoms with van der Waals surface area (Å²) in [6.07, 6.45) is 5.07. The van der Waals surface area contributed by atoms with Crippen LogP contribution in [0.2, 0.25) is 0 Å². The van der Waals surface area contributed by atoms with Crippen molar-refractivity contribution in [3.63, 3.8) is 0 Å². The first-order valence-corrected chi connectivity index (χ1v) is 10.5. The lowest BCUT2D eigenvalue weighted by Gasteiger charge is -2.48. The number of carbonyl (C=O) groups excluding carboxylic acids is 1. The SMILES string of the molecule is C[C@H]1OC(=O)[C@]2(N)CC(C)(F)[C@@H](C)[C@H](/C=C/c3ccc(-c4ccccc4C#N)cn3)[C@H]12. The number of nitrogens with zero attached hydrogens (tertiary/aromatic N) is 2. The number of carbonyl (C=O) groups is 1. The molecule has 160 valence electrons. The van der Waals surface area contributed by atoms with Gasteiger partial charge in [-0.15, -0.1) is 0 Å². The van der Waals surface area contributed by atoms with E-state index in [-0.39, 0.29) is 30.3 Å². The number of nitrogens with two attached hydrogens (primary N) is 1. The number of alkyl halides is 1. The summed E-state index contributed by atoms with van der Waals surface area (Å²) < 4.78 is 20.8. The van der Waals surface area contributed by atoms with Crippen molar-refractivity contribution in [2.75, 3.05) is 0 Å². The molecule has 0 radical (unpaired) electrons. The number of cyclic esters (lactones) is 1. The minimum atomic E-state index is -1.58. The van der Waals surface area contributed by atoms with E-state index in [0.717, 1.165) is 11.1 Å². The molecule has 2 heterocycles. The van der Waals surface area contributed by atoms with Crippen molar-refractivity contribution in [1.82, 2.24) is 4.98 Å². The van der Waals surface area contributed by atoms with Crippen LogP contribution in [0.1, 0.15) is 38.4 Å². The second-order valence-corrected chi connectivity index (χ2v) is 8.99. The summed E-state index contributed by atoms with van der Waals surface area (Å²) in [4.78, 5) is 16.9. The van der Waals surface area contributed by atoms with Crippen molar-refractivity contribution in [1.29, 1.82) is 5.26 Å². The van der Waals surface area contributed by atoms with Crippen molar-refractivity contribution >= 4 is 12.0 Å². The van der Waals surface area contributed by atoms with E-state index in [0.29, 0.717) is 11.3 Å². The molecule has 6 heteroatoms. The molecule has 1 aromatic carbocycles. The van der Waals surface area contributed by atoms with Crippen LogP contribution in [0, 0.1) is 29.1 Å². The third kappa shape index (κ3) is 3.53. The fourth-order valence-electron chi connectivity index (χ4n) is 5.19. The number of aromatic nitrogens is 1. The van der Waals surface area contributed by atoms with Crippen molar-refractivity contribution in [2.24, 2.45) is 23.5 Å². The van der Waals surface area contributed by atoms with Crippen LogP contribution in [0.4, 0.5) is 4.39 Å². The number of hydrogen-bond donors (Lipinski definition) is 1. The quantitative estimate of drug-likeness (QED) is 0.750. The standard InChI is InChI=1S/C25H26FN3O2/c1-15-20(22-16(2)31-23(30)25(22,28)14-24(15,3)26)11-10-19-9-8-18(13-29-19)21-7-5-4-6-17(21)12-27/h4-11,13,15-16,20,22H,14,28H2,1-3H3/b11-10+/t15-,16+,20-,22-,24?,25-/m0/s1. The fourth-order valence-corrected chi connectivity index (χ4v) is 5.19. The largest absolute Gasteiger partial charge is 0.461 e. The number of nitriles is 1. The zero-order valence-electron chi connectivity index (χ0n) is 17.9. The summed E-state index contributed by atoms with van der Waals surface area (Å²) in [7, 11) is 0. The molecule has 2 aromatic rings. The number of allylic oxidation sites excluding steroid dienone is 1. The fraction of sp³-hybridized carbons (Fsp3) is 0.400. The van der Waals surface area contributed by atoms with Gasteiger partial charge in [-0.05, 0) is 43.9 Å². The Balaban J connectivity index is 1.62. The predicted molar refractivity (Wildman–Crippen MR) is 116 cm³/mol. The highest BCUT2D eigenvalue weighted by Crippen LogP contribution is 2.53. The maximum Gasteiger partial charge on any atom is 0.326 e. The summed E-state index contributed by atoms with van der Waals surface area (Å²) in [5.74, 6) is -1.41. The molecule has 5 nitrogen and oxygen atoms in total. The van der Waals surface area contributed by atoms with Crippen LogP contribution in [0.5, 0.6) is 0 Å².